The quantitative estimate of drug-likeness (QED) is 0.225. The number of rotatable bonds is 11. The van der Waals surface area contributed by atoms with Gasteiger partial charge in [-0.05, 0) is 86.3 Å². The van der Waals surface area contributed by atoms with Gasteiger partial charge in [-0.3, -0.25) is 0 Å². The number of fused-ring (bicyclic) bond motifs is 1. The van der Waals surface area contributed by atoms with Crippen LogP contribution in [-0.2, 0) is 6.42 Å². The highest BCUT2D eigenvalue weighted by atomic mass is 19.2. The van der Waals surface area contributed by atoms with Crippen molar-refractivity contribution in [2.45, 2.75) is 84.5 Å². The van der Waals surface area contributed by atoms with Gasteiger partial charge in [0, 0.05) is 11.1 Å². The fraction of sp³-hybridized carbons (Fsp3) is 0.600. The second-order valence-corrected chi connectivity index (χ2v) is 10.5. The molecule has 0 amide bonds. The minimum Gasteiger partial charge on any atom is -0.490 e. The third-order valence-electron chi connectivity index (χ3n) is 8.43. The molecule has 2 fully saturated rings. The van der Waals surface area contributed by atoms with E-state index < -0.39 is 23.3 Å². The molecule has 2 aromatic carbocycles. The standard InChI is InChI=1S/C30H38F4O/c1-3-5-6-7-19-10-13-23-20(11-14-22(19)23)8-9-21-12-15-24(28(32)27(21)31)25-16-17-26(35-18-4-2)30(34)29(25)33/h12,15-17,19-20,22-23H,3-11,13-14,18H2,1-2H3. The second-order valence-electron chi connectivity index (χ2n) is 10.5. The van der Waals surface area contributed by atoms with Crippen molar-refractivity contribution >= 4 is 0 Å². The first-order valence-corrected chi connectivity index (χ1v) is 13.5. The summed E-state index contributed by atoms with van der Waals surface area (Å²) in [6.45, 7) is 4.34. The molecule has 4 unspecified atom stereocenters. The molecule has 0 N–H and O–H groups in total. The average molecular weight is 491 g/mol. The molecule has 2 aliphatic carbocycles. The molecule has 0 aliphatic heterocycles. The summed E-state index contributed by atoms with van der Waals surface area (Å²) in [6, 6.07) is 5.41. The zero-order valence-corrected chi connectivity index (χ0v) is 21.0. The predicted octanol–water partition coefficient (Wildman–Crippen LogP) is 9.26. The van der Waals surface area contributed by atoms with Crippen LogP contribution in [-0.4, -0.2) is 6.61 Å². The molecule has 0 heterocycles. The minimum absolute atomic E-state index is 0.222. The summed E-state index contributed by atoms with van der Waals surface area (Å²) in [4.78, 5) is 0. The van der Waals surface area contributed by atoms with Crippen molar-refractivity contribution in [3.8, 4) is 16.9 Å². The van der Waals surface area contributed by atoms with Crippen LogP contribution in [0.25, 0.3) is 11.1 Å². The van der Waals surface area contributed by atoms with Crippen molar-refractivity contribution < 1.29 is 22.3 Å². The second kappa shape index (κ2) is 11.8. The Morgan fingerprint density at radius 2 is 1.31 bits per heavy atom. The molecule has 2 aliphatic rings. The molecular formula is C30H38F4O. The van der Waals surface area contributed by atoms with E-state index >= 15 is 0 Å². The predicted molar refractivity (Wildman–Crippen MR) is 132 cm³/mol. The van der Waals surface area contributed by atoms with Crippen molar-refractivity contribution in [2.75, 3.05) is 6.61 Å². The maximum atomic E-state index is 15.0. The Hall–Kier alpha value is -2.04. The fourth-order valence-corrected chi connectivity index (χ4v) is 6.61. The zero-order valence-electron chi connectivity index (χ0n) is 21.0. The molecule has 192 valence electrons. The summed E-state index contributed by atoms with van der Waals surface area (Å²) in [5.74, 6) is -1.75. The van der Waals surface area contributed by atoms with Gasteiger partial charge in [0.25, 0.3) is 0 Å². The maximum absolute atomic E-state index is 15.0. The van der Waals surface area contributed by atoms with Gasteiger partial charge >= 0.3 is 0 Å². The lowest BCUT2D eigenvalue weighted by atomic mass is 9.84. The molecule has 0 aromatic heterocycles. The molecule has 0 bridgehead atoms. The Morgan fingerprint density at radius 1 is 0.686 bits per heavy atom. The van der Waals surface area contributed by atoms with Gasteiger partial charge in [-0.1, -0.05) is 51.7 Å². The number of aryl methyl sites for hydroxylation is 1. The first kappa shape index (κ1) is 26.0. The largest absolute Gasteiger partial charge is 0.490 e. The van der Waals surface area contributed by atoms with Gasteiger partial charge < -0.3 is 4.74 Å². The number of ether oxygens (including phenoxy) is 1. The molecule has 35 heavy (non-hydrogen) atoms. The van der Waals surface area contributed by atoms with E-state index in [1.165, 1.54) is 75.6 Å². The van der Waals surface area contributed by atoms with Crippen LogP contribution in [0.2, 0.25) is 0 Å². The van der Waals surface area contributed by atoms with E-state index in [0.717, 1.165) is 24.2 Å². The molecular weight excluding hydrogens is 452 g/mol. The molecule has 1 nitrogen and oxygen atoms in total. The van der Waals surface area contributed by atoms with E-state index in [4.69, 9.17) is 4.74 Å². The molecule has 0 radical (unpaired) electrons. The van der Waals surface area contributed by atoms with Gasteiger partial charge in [0.2, 0.25) is 5.82 Å². The van der Waals surface area contributed by atoms with E-state index in [1.807, 2.05) is 6.92 Å². The van der Waals surface area contributed by atoms with E-state index in [2.05, 4.69) is 6.92 Å². The monoisotopic (exact) mass is 490 g/mol. The lowest BCUT2D eigenvalue weighted by Gasteiger charge is -2.21. The van der Waals surface area contributed by atoms with Crippen LogP contribution >= 0.6 is 0 Å². The molecule has 2 saturated carbocycles. The van der Waals surface area contributed by atoms with Gasteiger partial charge in [-0.25, -0.2) is 13.2 Å². The normalized spacial score (nSPS) is 23.6. The van der Waals surface area contributed by atoms with Crippen LogP contribution in [0.4, 0.5) is 17.6 Å². The Labute approximate surface area is 207 Å². The SMILES string of the molecule is CCCCCC1CCC2C(CCc3ccc(-c4ccc(OCCC)c(F)c4F)c(F)c3F)CCC12. The Balaban J connectivity index is 1.42. The molecule has 0 spiro atoms. The fourth-order valence-electron chi connectivity index (χ4n) is 6.61. The Morgan fingerprint density at radius 3 is 1.97 bits per heavy atom. The van der Waals surface area contributed by atoms with Crippen LogP contribution in [0.1, 0.15) is 83.6 Å². The van der Waals surface area contributed by atoms with Gasteiger partial charge in [-0.15, -0.1) is 0 Å². The van der Waals surface area contributed by atoms with Crippen molar-refractivity contribution in [3.63, 3.8) is 0 Å². The smallest absolute Gasteiger partial charge is 0.201 e. The summed E-state index contributed by atoms with van der Waals surface area (Å²) in [6.07, 6.45) is 12.2. The van der Waals surface area contributed by atoms with Crippen LogP contribution < -0.4 is 4.74 Å². The summed E-state index contributed by atoms with van der Waals surface area (Å²) in [7, 11) is 0. The van der Waals surface area contributed by atoms with E-state index in [-0.39, 0.29) is 23.5 Å². The summed E-state index contributed by atoms with van der Waals surface area (Å²) in [5.41, 5.74) is -0.250. The number of benzene rings is 2. The van der Waals surface area contributed by atoms with E-state index in [9.17, 15) is 17.6 Å². The van der Waals surface area contributed by atoms with Gasteiger partial charge in [0.05, 0.1) is 6.61 Å². The number of halogens is 4. The molecule has 0 saturated heterocycles. The highest BCUT2D eigenvalue weighted by molar-refractivity contribution is 5.66. The molecule has 4 atom stereocenters. The maximum Gasteiger partial charge on any atom is 0.201 e. The van der Waals surface area contributed by atoms with Crippen LogP contribution in [0, 0.1) is 46.9 Å². The summed E-state index contributed by atoms with van der Waals surface area (Å²) < 4.78 is 64.2. The van der Waals surface area contributed by atoms with Gasteiger partial charge in [0.15, 0.2) is 23.2 Å². The minimum atomic E-state index is -1.23. The molecule has 2 aromatic rings. The van der Waals surface area contributed by atoms with Crippen LogP contribution in [0.3, 0.4) is 0 Å². The van der Waals surface area contributed by atoms with Crippen molar-refractivity contribution in [1.82, 2.24) is 0 Å². The van der Waals surface area contributed by atoms with Crippen molar-refractivity contribution in [1.29, 1.82) is 0 Å². The van der Waals surface area contributed by atoms with Crippen molar-refractivity contribution in [2.24, 2.45) is 23.7 Å². The third-order valence-corrected chi connectivity index (χ3v) is 8.43. The first-order valence-electron chi connectivity index (χ1n) is 13.5. The number of hydrogen-bond donors (Lipinski definition) is 0. The topological polar surface area (TPSA) is 9.23 Å². The van der Waals surface area contributed by atoms with E-state index in [1.54, 1.807) is 0 Å². The summed E-state index contributed by atoms with van der Waals surface area (Å²) >= 11 is 0. The Kier molecular flexibility index (Phi) is 8.77. The first-order chi connectivity index (χ1) is 17.0. The lowest BCUT2D eigenvalue weighted by molar-refractivity contribution is 0.290. The third kappa shape index (κ3) is 5.54. The highest BCUT2D eigenvalue weighted by Gasteiger charge is 2.43. The van der Waals surface area contributed by atoms with Crippen molar-refractivity contribution in [3.05, 3.63) is 53.1 Å². The summed E-state index contributed by atoms with van der Waals surface area (Å²) in [5, 5.41) is 0. The lowest BCUT2D eigenvalue weighted by Crippen LogP contribution is -2.14. The van der Waals surface area contributed by atoms with E-state index in [0.29, 0.717) is 24.3 Å². The highest BCUT2D eigenvalue weighted by Crippen LogP contribution is 2.53. The number of hydrogen-bond acceptors (Lipinski definition) is 1. The van der Waals surface area contributed by atoms with Gasteiger partial charge in [0.1, 0.15) is 0 Å². The Bertz CT molecular complexity index is 1000. The van der Waals surface area contributed by atoms with Crippen LogP contribution in [0.5, 0.6) is 5.75 Å². The van der Waals surface area contributed by atoms with Crippen LogP contribution in [0.15, 0.2) is 24.3 Å². The van der Waals surface area contributed by atoms with Gasteiger partial charge in [-0.2, -0.15) is 4.39 Å². The molecule has 5 heteroatoms. The average Bonchev–Trinajstić information content (AvgIpc) is 3.44. The number of unbranched alkanes of at least 4 members (excludes halogenated alkanes) is 2. The molecule has 4 rings (SSSR count). The zero-order chi connectivity index (χ0) is 24.9.